The number of benzene rings is 10. The van der Waals surface area contributed by atoms with Crippen molar-refractivity contribution in [1.82, 2.24) is 24.9 Å². The molecule has 0 amide bonds. The zero-order chi connectivity index (χ0) is 51.2. The Kier molecular flexibility index (Phi) is 9.42. The van der Waals surface area contributed by atoms with Gasteiger partial charge in [0, 0.05) is 60.4 Å². The maximum atomic E-state index is 5.92. The number of aromatic amines is 2. The molecule has 0 saturated heterocycles. The Bertz CT molecular complexity index is 4540. The molecule has 15 rings (SSSR count). The van der Waals surface area contributed by atoms with Crippen LogP contribution < -0.4 is 0 Å². The van der Waals surface area contributed by atoms with Crippen LogP contribution in [0.3, 0.4) is 0 Å². The average Bonchev–Trinajstić information content (AvgIpc) is 4.19. The van der Waals surface area contributed by atoms with E-state index in [4.69, 9.17) is 15.0 Å². The fourth-order valence-electron chi connectivity index (χ4n) is 12.1. The highest BCUT2D eigenvalue weighted by molar-refractivity contribution is 6.20. The van der Waals surface area contributed by atoms with Gasteiger partial charge in [0.25, 0.3) is 0 Å². The van der Waals surface area contributed by atoms with E-state index in [0.717, 1.165) is 132 Å². The molecular formula is C71H53N5. The molecule has 2 aliphatic rings. The van der Waals surface area contributed by atoms with E-state index in [9.17, 15) is 0 Å². The monoisotopic (exact) mass is 975 g/mol. The van der Waals surface area contributed by atoms with E-state index in [1.165, 1.54) is 27.3 Å². The SMILES string of the molecule is CC(C)(C)c1cccc(-c2c3nc(nc4[nH]c(c(-c5cccc(C(C)(C)C)c5)c5nc(cc6[nH]c2c2cc7ccccc7cc62)-c2cc6ccccc6cc2-5)c2cc5ccccc5cc42)-c2cc4ccccc4cc2-3)c1. The van der Waals surface area contributed by atoms with Crippen LogP contribution in [0.15, 0.2) is 200 Å². The molecule has 0 radical (unpaired) electrons. The highest BCUT2D eigenvalue weighted by Gasteiger charge is 2.29. The number of nitrogens with zero attached hydrogens (tertiary/aromatic N) is 3. The zero-order valence-corrected chi connectivity index (χ0v) is 43.4. The van der Waals surface area contributed by atoms with Gasteiger partial charge in [-0.15, -0.1) is 0 Å². The summed E-state index contributed by atoms with van der Waals surface area (Å²) in [6, 6.07) is 73.8. The maximum Gasteiger partial charge on any atom is 0.162 e. The number of fused-ring (bicyclic) bond motifs is 24. The van der Waals surface area contributed by atoms with E-state index in [2.05, 4.69) is 252 Å². The van der Waals surface area contributed by atoms with E-state index >= 15 is 0 Å². The number of aromatic nitrogens is 5. The standard InChI is InChI=1S/C71H53N5/c1-70(2,3)50-27-15-25-48(29-50)62-64-54-33-42-19-9-7-17-40(42)31-52(54)60(72-64)39-61-53-32-41-18-8-10-20-43(41)34-55(53)65(73-61)63(49-26-16-28-51(30-49)71(4,5)6)67-57-36-45-22-12-14-24-47(45)38-59(57)69(75-67)76-68-58-37-46-23-13-11-21-44(46)35-56(58)66(62)74-68/h7-39,72H,1-6H3,(H,74,75,76). The molecule has 76 heavy (non-hydrogen) atoms. The molecule has 2 N–H and O–H groups in total. The van der Waals surface area contributed by atoms with Crippen LogP contribution in [0.1, 0.15) is 52.7 Å². The van der Waals surface area contributed by atoms with E-state index < -0.39 is 0 Å². The number of hydrogen-bond acceptors (Lipinski definition) is 3. The fraction of sp³-hybridized carbons (Fsp3) is 0.113. The Morgan fingerprint density at radius 3 is 1.25 bits per heavy atom. The summed E-state index contributed by atoms with van der Waals surface area (Å²) in [6.45, 7) is 13.7. The van der Waals surface area contributed by atoms with Crippen LogP contribution in [-0.4, -0.2) is 24.9 Å². The zero-order valence-electron chi connectivity index (χ0n) is 43.4. The highest BCUT2D eigenvalue weighted by atomic mass is 15.0. The van der Waals surface area contributed by atoms with Gasteiger partial charge < -0.3 is 9.97 Å². The molecule has 0 fully saturated rings. The summed E-state index contributed by atoms with van der Waals surface area (Å²) in [7, 11) is 0. The predicted molar refractivity (Wildman–Crippen MR) is 321 cm³/mol. The smallest absolute Gasteiger partial charge is 0.162 e. The summed E-state index contributed by atoms with van der Waals surface area (Å²) in [6.07, 6.45) is 0. The van der Waals surface area contributed by atoms with E-state index in [1.54, 1.807) is 0 Å². The lowest BCUT2D eigenvalue weighted by Gasteiger charge is -2.20. The normalized spacial score (nSPS) is 12.6. The molecule has 5 heterocycles. The van der Waals surface area contributed by atoms with Crippen molar-refractivity contribution in [2.45, 2.75) is 52.4 Å². The number of rotatable bonds is 2. The minimum atomic E-state index is -0.104. The van der Waals surface area contributed by atoms with Gasteiger partial charge in [0.1, 0.15) is 5.65 Å². The fourth-order valence-corrected chi connectivity index (χ4v) is 12.1. The summed E-state index contributed by atoms with van der Waals surface area (Å²) in [5.41, 5.74) is 17.0. The van der Waals surface area contributed by atoms with Crippen molar-refractivity contribution in [3.63, 3.8) is 0 Å². The van der Waals surface area contributed by atoms with Gasteiger partial charge in [-0.3, -0.25) is 0 Å². The molecule has 2 aliphatic heterocycles. The van der Waals surface area contributed by atoms with Gasteiger partial charge in [-0.1, -0.05) is 187 Å². The van der Waals surface area contributed by atoms with Gasteiger partial charge in [0.05, 0.1) is 28.1 Å². The third kappa shape index (κ3) is 6.95. The van der Waals surface area contributed by atoms with Crippen molar-refractivity contribution >= 4 is 86.8 Å². The van der Waals surface area contributed by atoms with Crippen molar-refractivity contribution in [3.05, 3.63) is 211 Å². The highest BCUT2D eigenvalue weighted by Crippen LogP contribution is 2.49. The molecule has 10 aromatic carbocycles. The molecule has 0 aliphatic carbocycles. The molecule has 0 atom stereocenters. The second-order valence-electron chi connectivity index (χ2n) is 23.0. The Hall–Kier alpha value is -9.19. The van der Waals surface area contributed by atoms with Crippen molar-refractivity contribution in [3.8, 4) is 67.4 Å². The number of nitrogens with one attached hydrogen (secondary N) is 2. The minimum absolute atomic E-state index is 0.104. The first-order valence-corrected chi connectivity index (χ1v) is 26.5. The van der Waals surface area contributed by atoms with E-state index in [0.29, 0.717) is 5.82 Å². The first-order chi connectivity index (χ1) is 36.9. The Balaban J connectivity index is 1.22. The quantitative estimate of drug-likeness (QED) is 0.181. The van der Waals surface area contributed by atoms with Crippen molar-refractivity contribution in [2.24, 2.45) is 0 Å². The first-order valence-electron chi connectivity index (χ1n) is 26.5. The van der Waals surface area contributed by atoms with Gasteiger partial charge in [-0.2, -0.15) is 0 Å². The molecule has 5 nitrogen and oxygen atoms in total. The van der Waals surface area contributed by atoms with Crippen molar-refractivity contribution in [2.75, 3.05) is 0 Å². The average molecular weight is 976 g/mol. The van der Waals surface area contributed by atoms with Gasteiger partial charge in [-0.05, 0) is 131 Å². The van der Waals surface area contributed by atoms with E-state index in [1.807, 2.05) is 0 Å². The lowest BCUT2D eigenvalue weighted by atomic mass is 9.85. The molecule has 0 saturated carbocycles. The molecule has 0 spiro atoms. The molecule has 8 bridgehead atoms. The number of H-pyrrole nitrogens is 2. The van der Waals surface area contributed by atoms with Gasteiger partial charge >= 0.3 is 0 Å². The third-order valence-electron chi connectivity index (χ3n) is 16.1. The summed E-state index contributed by atoms with van der Waals surface area (Å²) in [4.78, 5) is 25.7. The Morgan fingerprint density at radius 1 is 0.329 bits per heavy atom. The largest absolute Gasteiger partial charge is 0.354 e. The minimum Gasteiger partial charge on any atom is -0.354 e. The Morgan fingerprint density at radius 2 is 0.737 bits per heavy atom. The van der Waals surface area contributed by atoms with E-state index in [-0.39, 0.29) is 10.8 Å². The topological polar surface area (TPSA) is 70.2 Å². The summed E-state index contributed by atoms with van der Waals surface area (Å²) in [5, 5.41) is 13.6. The Labute approximate surface area is 440 Å². The second-order valence-corrected chi connectivity index (χ2v) is 23.0. The molecule has 13 aromatic rings. The van der Waals surface area contributed by atoms with Crippen LogP contribution >= 0.6 is 0 Å². The molecule has 362 valence electrons. The summed E-state index contributed by atoms with van der Waals surface area (Å²) in [5.74, 6) is 0.658. The van der Waals surface area contributed by atoms with Gasteiger partial charge in [-0.25, -0.2) is 15.0 Å². The lowest BCUT2D eigenvalue weighted by molar-refractivity contribution is 0.590. The van der Waals surface area contributed by atoms with Crippen molar-refractivity contribution in [1.29, 1.82) is 0 Å². The van der Waals surface area contributed by atoms with Crippen molar-refractivity contribution < 1.29 is 0 Å². The molecular weight excluding hydrogens is 923 g/mol. The molecule has 3 aromatic heterocycles. The van der Waals surface area contributed by atoms with Gasteiger partial charge in [0.15, 0.2) is 5.82 Å². The predicted octanol–water partition coefficient (Wildman–Crippen LogP) is 19.2. The molecule has 0 unspecified atom stereocenters. The van der Waals surface area contributed by atoms with Crippen LogP contribution in [0.4, 0.5) is 0 Å². The summed E-state index contributed by atoms with van der Waals surface area (Å²) >= 11 is 0. The van der Waals surface area contributed by atoms with Crippen LogP contribution in [0.25, 0.3) is 154 Å². The number of hydrogen-bond donors (Lipinski definition) is 2. The van der Waals surface area contributed by atoms with Crippen LogP contribution in [0.5, 0.6) is 0 Å². The summed E-state index contributed by atoms with van der Waals surface area (Å²) < 4.78 is 0. The first kappa shape index (κ1) is 44.3. The maximum absolute atomic E-state index is 5.92. The van der Waals surface area contributed by atoms with Gasteiger partial charge in [0.2, 0.25) is 0 Å². The van der Waals surface area contributed by atoms with Crippen LogP contribution in [0, 0.1) is 0 Å². The third-order valence-corrected chi connectivity index (χ3v) is 16.1. The lowest BCUT2D eigenvalue weighted by Crippen LogP contribution is -2.10. The van der Waals surface area contributed by atoms with Crippen LogP contribution in [0.2, 0.25) is 0 Å². The second kappa shape index (κ2) is 16.2. The molecule has 5 heteroatoms. The van der Waals surface area contributed by atoms with Crippen LogP contribution in [-0.2, 0) is 10.8 Å².